The number of carbonyl (C=O) groups is 1. The molecule has 5 heteroatoms. The number of rotatable bonds is 6. The third-order valence-corrected chi connectivity index (χ3v) is 13.9. The first-order chi connectivity index (χ1) is 17.9. The molecule has 0 saturated heterocycles. The highest BCUT2D eigenvalue weighted by atomic mass is 32.2. The van der Waals surface area contributed by atoms with E-state index in [-0.39, 0.29) is 11.5 Å². The monoisotopic (exact) mass is 523 g/mol. The van der Waals surface area contributed by atoms with Gasteiger partial charge in [-0.15, -0.1) is 11.8 Å². The van der Waals surface area contributed by atoms with Gasteiger partial charge in [-0.3, -0.25) is 4.57 Å². The fourth-order valence-corrected chi connectivity index (χ4v) is 12.9. The van der Waals surface area contributed by atoms with E-state index in [1.54, 1.807) is 0 Å². The largest absolute Gasteiger partial charge is 0.462 e. The summed E-state index contributed by atoms with van der Waals surface area (Å²) >= 11 is 1.88. The molecule has 0 atom stereocenters. The number of aryl methyl sites for hydroxylation is 1. The summed E-state index contributed by atoms with van der Waals surface area (Å²) in [5.41, 5.74) is 2.60. The number of carbonyl (C=O) groups excluding carboxylic acids is 1. The summed E-state index contributed by atoms with van der Waals surface area (Å²) in [6.07, 6.45) is 0. The summed E-state index contributed by atoms with van der Waals surface area (Å²) in [5, 5.41) is 4.05. The SMILES string of the molecule is CCOC(=O)c1cc(C)c2c(c1)C(C)(C)N([Si](c1ccccc1)(c1ccccc1)c1ccccc1)CS2. The molecule has 37 heavy (non-hydrogen) atoms. The van der Waals surface area contributed by atoms with Crippen LogP contribution in [0.15, 0.2) is 108 Å². The molecule has 0 radical (unpaired) electrons. The minimum absolute atomic E-state index is 0.260. The summed E-state index contributed by atoms with van der Waals surface area (Å²) in [5.74, 6) is 0.592. The molecule has 0 bridgehead atoms. The number of esters is 1. The molecule has 4 aromatic rings. The van der Waals surface area contributed by atoms with Crippen LogP contribution in [0.3, 0.4) is 0 Å². The number of thioether (sulfide) groups is 1. The van der Waals surface area contributed by atoms with Crippen LogP contribution in [0.4, 0.5) is 0 Å². The van der Waals surface area contributed by atoms with E-state index >= 15 is 0 Å². The highest BCUT2D eigenvalue weighted by Gasteiger charge is 2.53. The summed E-state index contributed by atoms with van der Waals surface area (Å²) < 4.78 is 8.13. The smallest absolute Gasteiger partial charge is 0.338 e. The summed E-state index contributed by atoms with van der Waals surface area (Å²) in [4.78, 5) is 14.1. The van der Waals surface area contributed by atoms with Crippen molar-refractivity contribution in [1.82, 2.24) is 4.57 Å². The topological polar surface area (TPSA) is 29.5 Å². The summed E-state index contributed by atoms with van der Waals surface area (Å²) in [6, 6.07) is 37.0. The molecule has 0 N–H and O–H groups in total. The maximum Gasteiger partial charge on any atom is 0.338 e. The Balaban J connectivity index is 1.80. The number of nitrogens with zero attached hydrogens (tertiary/aromatic N) is 1. The zero-order chi connectivity index (χ0) is 26.0. The zero-order valence-corrected chi connectivity index (χ0v) is 23.7. The van der Waals surface area contributed by atoms with E-state index < -0.39 is 8.24 Å². The molecular formula is C32H33NO2SSi. The quantitative estimate of drug-likeness (QED) is 0.191. The molecular weight excluding hydrogens is 491 g/mol. The van der Waals surface area contributed by atoms with Crippen molar-refractivity contribution in [2.75, 3.05) is 12.5 Å². The highest BCUT2D eigenvalue weighted by Crippen LogP contribution is 2.46. The van der Waals surface area contributed by atoms with E-state index in [0.29, 0.717) is 12.2 Å². The first-order valence-corrected chi connectivity index (χ1v) is 15.7. The first kappa shape index (κ1) is 25.5. The van der Waals surface area contributed by atoms with E-state index in [1.807, 2.05) is 24.8 Å². The lowest BCUT2D eigenvalue weighted by Crippen LogP contribution is -2.80. The second-order valence-corrected chi connectivity index (χ2v) is 14.6. The predicted octanol–water partition coefficient (Wildman–Crippen LogP) is 5.44. The Labute approximate surface area is 225 Å². The van der Waals surface area contributed by atoms with Crippen LogP contribution in [0.25, 0.3) is 0 Å². The van der Waals surface area contributed by atoms with Crippen molar-refractivity contribution >= 4 is 41.5 Å². The van der Waals surface area contributed by atoms with Gasteiger partial charge < -0.3 is 4.74 Å². The van der Waals surface area contributed by atoms with Gasteiger partial charge in [0, 0.05) is 16.3 Å². The molecule has 0 saturated carbocycles. The van der Waals surface area contributed by atoms with Crippen LogP contribution in [0, 0.1) is 6.92 Å². The fourth-order valence-electron chi connectivity index (χ4n) is 5.71. The Morgan fingerprint density at radius 3 is 1.81 bits per heavy atom. The van der Waals surface area contributed by atoms with Gasteiger partial charge in [-0.2, -0.15) is 0 Å². The van der Waals surface area contributed by atoms with E-state index in [2.05, 4.69) is 122 Å². The van der Waals surface area contributed by atoms with Crippen LogP contribution < -0.4 is 15.6 Å². The molecule has 188 valence electrons. The lowest BCUT2D eigenvalue weighted by Gasteiger charge is -2.54. The van der Waals surface area contributed by atoms with E-state index in [0.717, 1.165) is 11.4 Å². The minimum Gasteiger partial charge on any atom is -0.462 e. The van der Waals surface area contributed by atoms with Gasteiger partial charge in [-0.25, -0.2) is 4.79 Å². The average molecular weight is 524 g/mol. The Bertz CT molecular complexity index is 1290. The second-order valence-electron chi connectivity index (χ2n) is 9.96. The van der Waals surface area contributed by atoms with Crippen molar-refractivity contribution < 1.29 is 9.53 Å². The molecule has 5 rings (SSSR count). The van der Waals surface area contributed by atoms with Crippen LogP contribution in [0.5, 0.6) is 0 Å². The Morgan fingerprint density at radius 2 is 1.35 bits per heavy atom. The maximum atomic E-state index is 12.8. The number of hydrogen-bond donors (Lipinski definition) is 0. The van der Waals surface area contributed by atoms with E-state index in [9.17, 15) is 4.79 Å². The molecule has 0 unspecified atom stereocenters. The fraction of sp³-hybridized carbons (Fsp3) is 0.219. The minimum atomic E-state index is -2.71. The molecule has 0 amide bonds. The number of hydrogen-bond acceptors (Lipinski definition) is 4. The van der Waals surface area contributed by atoms with Crippen molar-refractivity contribution in [2.24, 2.45) is 0 Å². The summed E-state index contributed by atoms with van der Waals surface area (Å²) in [7, 11) is -2.71. The van der Waals surface area contributed by atoms with Gasteiger partial charge in [-0.05, 0) is 66.5 Å². The molecule has 0 aromatic heterocycles. The third kappa shape index (κ3) is 4.35. The predicted molar refractivity (Wildman–Crippen MR) is 157 cm³/mol. The average Bonchev–Trinajstić information content (AvgIpc) is 2.92. The first-order valence-electron chi connectivity index (χ1n) is 12.8. The van der Waals surface area contributed by atoms with Crippen molar-refractivity contribution in [3.63, 3.8) is 0 Å². The lowest BCUT2D eigenvalue weighted by atomic mass is 9.91. The standard InChI is InChI=1S/C32H33NO2SSi/c1-5-35-31(34)25-21-24(2)30-29(22-25)32(3,4)33(23-36-30)37(26-15-9-6-10-16-26,27-17-11-7-12-18-27)28-19-13-8-14-20-28/h6-22H,5,23H2,1-4H3. The Morgan fingerprint density at radius 1 is 0.865 bits per heavy atom. The molecule has 1 aliphatic rings. The van der Waals surface area contributed by atoms with E-state index in [4.69, 9.17) is 4.74 Å². The van der Waals surface area contributed by atoms with Crippen LogP contribution >= 0.6 is 11.8 Å². The van der Waals surface area contributed by atoms with Crippen LogP contribution in [0.1, 0.15) is 42.3 Å². The van der Waals surface area contributed by atoms with Crippen molar-refractivity contribution in [2.45, 2.75) is 38.1 Å². The third-order valence-electron chi connectivity index (χ3n) is 7.44. The molecule has 0 aliphatic carbocycles. The van der Waals surface area contributed by atoms with Gasteiger partial charge in [-0.1, -0.05) is 91.0 Å². The van der Waals surface area contributed by atoms with Crippen LogP contribution in [-0.4, -0.2) is 31.3 Å². The maximum absolute atomic E-state index is 12.8. The van der Waals surface area contributed by atoms with Crippen LogP contribution in [0.2, 0.25) is 0 Å². The van der Waals surface area contributed by atoms with Gasteiger partial charge in [0.15, 0.2) is 0 Å². The van der Waals surface area contributed by atoms with Gasteiger partial charge in [0.2, 0.25) is 8.24 Å². The molecule has 4 aromatic carbocycles. The number of fused-ring (bicyclic) bond motifs is 1. The molecule has 3 nitrogen and oxygen atoms in total. The van der Waals surface area contributed by atoms with Crippen LogP contribution in [-0.2, 0) is 10.3 Å². The normalized spacial score (nSPS) is 15.1. The highest BCUT2D eigenvalue weighted by molar-refractivity contribution is 7.99. The Kier molecular flexibility index (Phi) is 7.12. The van der Waals surface area contributed by atoms with Gasteiger partial charge in [0.1, 0.15) is 0 Å². The van der Waals surface area contributed by atoms with Crippen molar-refractivity contribution in [3.05, 3.63) is 120 Å². The molecule has 0 spiro atoms. The van der Waals surface area contributed by atoms with Crippen molar-refractivity contribution in [1.29, 1.82) is 0 Å². The molecule has 0 fully saturated rings. The Hall–Kier alpha value is -3.12. The van der Waals surface area contributed by atoms with Gasteiger partial charge in [0.25, 0.3) is 0 Å². The van der Waals surface area contributed by atoms with Gasteiger partial charge in [0.05, 0.1) is 12.2 Å². The number of benzene rings is 4. The van der Waals surface area contributed by atoms with E-state index in [1.165, 1.54) is 26.0 Å². The lowest BCUT2D eigenvalue weighted by molar-refractivity contribution is 0.0525. The van der Waals surface area contributed by atoms with Gasteiger partial charge >= 0.3 is 5.97 Å². The number of ether oxygens (including phenoxy) is 1. The zero-order valence-electron chi connectivity index (χ0n) is 21.9. The molecule has 1 aliphatic heterocycles. The van der Waals surface area contributed by atoms with Crippen molar-refractivity contribution in [3.8, 4) is 0 Å². The second kappa shape index (κ2) is 10.3. The molecule has 1 heterocycles. The summed E-state index contributed by atoms with van der Waals surface area (Å²) in [6.45, 7) is 8.96.